The van der Waals surface area contributed by atoms with Crippen molar-refractivity contribution in [1.82, 2.24) is 19.9 Å². The Kier molecular flexibility index (Phi) is 9.53. The van der Waals surface area contributed by atoms with Crippen molar-refractivity contribution in [2.75, 3.05) is 0 Å². The van der Waals surface area contributed by atoms with E-state index in [2.05, 4.69) is 19.9 Å². The summed E-state index contributed by atoms with van der Waals surface area (Å²) in [7, 11) is 0. The van der Waals surface area contributed by atoms with E-state index in [9.17, 15) is 23.5 Å². The van der Waals surface area contributed by atoms with Gasteiger partial charge >= 0.3 is 0 Å². The van der Waals surface area contributed by atoms with Gasteiger partial charge in [0.2, 0.25) is 12.2 Å². The van der Waals surface area contributed by atoms with Crippen molar-refractivity contribution in [3.63, 3.8) is 0 Å². The Hall–Kier alpha value is -4.98. The van der Waals surface area contributed by atoms with Gasteiger partial charge < -0.3 is 24.5 Å². The fourth-order valence-corrected chi connectivity index (χ4v) is 3.35. The molecule has 2 aromatic heterocycles. The van der Waals surface area contributed by atoms with Gasteiger partial charge in [-0.3, -0.25) is 9.59 Å². The summed E-state index contributed by atoms with van der Waals surface area (Å²) in [5.41, 5.74) is -1.02. The van der Waals surface area contributed by atoms with Crippen LogP contribution in [0.2, 0.25) is 10.0 Å². The lowest BCUT2D eigenvalue weighted by molar-refractivity contribution is 0.146. The Bertz CT molecular complexity index is 1700. The number of halogens is 4. The molecule has 0 saturated carbocycles. The molecule has 39 heavy (non-hydrogen) atoms. The van der Waals surface area contributed by atoms with Crippen LogP contribution in [0.1, 0.15) is 16.8 Å². The lowest BCUT2D eigenvalue weighted by Gasteiger charge is -2.09. The fourth-order valence-electron chi connectivity index (χ4n) is 2.90. The average Bonchev–Trinajstić information content (AvgIpc) is 2.88. The van der Waals surface area contributed by atoms with Gasteiger partial charge in [0.05, 0.1) is 48.0 Å². The van der Waals surface area contributed by atoms with Crippen LogP contribution in [-0.4, -0.2) is 31.5 Å². The zero-order valence-electron chi connectivity index (χ0n) is 19.3. The fraction of sp³-hybridized carbons (Fsp3) is 0.0833. The predicted molar refractivity (Wildman–Crippen MR) is 134 cm³/mol. The highest BCUT2D eigenvalue weighted by atomic mass is 35.5. The minimum Gasteiger partial charge on any atom is -0.490 e. The van der Waals surface area contributed by atoms with E-state index in [4.69, 9.17) is 43.2 Å². The van der Waals surface area contributed by atoms with Crippen LogP contribution in [0.3, 0.4) is 0 Å². The summed E-state index contributed by atoms with van der Waals surface area (Å²) in [4.78, 5) is 34.8. The molecule has 2 aromatic carbocycles. The number of benzene rings is 2. The molecular formula is C24H14Cl2F2N6O5. The molecule has 4 aromatic rings. The van der Waals surface area contributed by atoms with Crippen molar-refractivity contribution in [3.8, 4) is 41.0 Å². The number of alkyl halides is 2. The summed E-state index contributed by atoms with van der Waals surface area (Å²) in [5, 5.41) is 27.5. The summed E-state index contributed by atoms with van der Waals surface area (Å²) < 4.78 is 35.4. The first-order chi connectivity index (χ1) is 18.6. The number of nitrogens with zero attached hydrogens (tertiary/aromatic N) is 4. The largest absolute Gasteiger partial charge is 0.490 e. The monoisotopic (exact) mass is 574 g/mol. The lowest BCUT2D eigenvalue weighted by Crippen LogP contribution is -2.14. The number of hydrogen-bond acceptors (Lipinski definition) is 9. The molecule has 0 spiro atoms. The topological polar surface area (TPSA) is 178 Å². The molecule has 0 aliphatic rings. The van der Waals surface area contributed by atoms with Gasteiger partial charge in [-0.05, 0) is 36.4 Å². The van der Waals surface area contributed by atoms with E-state index in [1.807, 2.05) is 12.1 Å². The van der Waals surface area contributed by atoms with Crippen LogP contribution >= 0.6 is 23.2 Å². The van der Waals surface area contributed by atoms with Gasteiger partial charge in [-0.25, -0.2) is 18.7 Å². The SMILES string of the molecule is N#Cc1cc(Cl)cc(Oc2c(CC(F)F)nc[nH]c2=O)c1.N#Cc1cc(Cl)cc(Oc2c(O)nc[nH]c2=O)c1. The number of aromatic amines is 2. The highest BCUT2D eigenvalue weighted by Gasteiger charge is 2.16. The second-order valence-electron chi connectivity index (χ2n) is 7.27. The number of aromatic hydroxyl groups is 1. The molecular weight excluding hydrogens is 561 g/mol. The first kappa shape index (κ1) is 28.6. The third-order valence-electron chi connectivity index (χ3n) is 4.46. The van der Waals surface area contributed by atoms with Crippen molar-refractivity contribution in [2.45, 2.75) is 12.8 Å². The van der Waals surface area contributed by atoms with Gasteiger partial charge in [0.15, 0.2) is 0 Å². The summed E-state index contributed by atoms with van der Waals surface area (Å²) in [6.07, 6.45) is -1.32. The van der Waals surface area contributed by atoms with E-state index >= 15 is 0 Å². The number of nitriles is 2. The molecule has 0 aliphatic carbocycles. The number of hydrogen-bond donors (Lipinski definition) is 3. The molecule has 11 nitrogen and oxygen atoms in total. The van der Waals surface area contributed by atoms with E-state index in [0.717, 1.165) is 12.7 Å². The van der Waals surface area contributed by atoms with Crippen LogP contribution in [0, 0.1) is 22.7 Å². The van der Waals surface area contributed by atoms with Crippen LogP contribution in [-0.2, 0) is 6.42 Å². The van der Waals surface area contributed by atoms with E-state index in [-0.39, 0.29) is 49.9 Å². The summed E-state index contributed by atoms with van der Waals surface area (Å²) >= 11 is 11.6. The maximum Gasteiger partial charge on any atom is 0.297 e. The Morgan fingerprint density at radius 2 is 1.33 bits per heavy atom. The van der Waals surface area contributed by atoms with Crippen molar-refractivity contribution in [3.05, 3.63) is 96.6 Å². The minimum atomic E-state index is -2.67. The third-order valence-corrected chi connectivity index (χ3v) is 4.90. The first-order valence-electron chi connectivity index (χ1n) is 10.5. The highest BCUT2D eigenvalue weighted by molar-refractivity contribution is 6.31. The molecule has 198 valence electrons. The Balaban J connectivity index is 0.000000218. The number of rotatable bonds is 6. The van der Waals surface area contributed by atoms with Gasteiger partial charge in [-0.2, -0.15) is 10.5 Å². The zero-order valence-corrected chi connectivity index (χ0v) is 20.8. The van der Waals surface area contributed by atoms with Crippen LogP contribution in [0.5, 0.6) is 28.9 Å². The van der Waals surface area contributed by atoms with Crippen molar-refractivity contribution in [2.24, 2.45) is 0 Å². The second-order valence-corrected chi connectivity index (χ2v) is 8.14. The molecule has 0 radical (unpaired) electrons. The Morgan fingerprint density at radius 3 is 1.82 bits per heavy atom. The van der Waals surface area contributed by atoms with Gasteiger partial charge in [-0.1, -0.05) is 23.2 Å². The van der Waals surface area contributed by atoms with Crippen LogP contribution < -0.4 is 20.6 Å². The van der Waals surface area contributed by atoms with Crippen molar-refractivity contribution in [1.29, 1.82) is 10.5 Å². The smallest absolute Gasteiger partial charge is 0.297 e. The number of nitrogens with one attached hydrogen (secondary N) is 2. The molecule has 3 N–H and O–H groups in total. The summed E-state index contributed by atoms with van der Waals surface area (Å²) in [6.45, 7) is 0. The van der Waals surface area contributed by atoms with Gasteiger partial charge in [0, 0.05) is 10.0 Å². The average molecular weight is 575 g/mol. The lowest BCUT2D eigenvalue weighted by atomic mass is 10.2. The Labute approximate surface area is 227 Å². The minimum absolute atomic E-state index is 0.0908. The van der Waals surface area contributed by atoms with Gasteiger partial charge in [0.1, 0.15) is 11.5 Å². The second kappa shape index (κ2) is 13.0. The molecule has 15 heteroatoms. The molecule has 0 aliphatic heterocycles. The van der Waals surface area contributed by atoms with Crippen molar-refractivity contribution < 1.29 is 23.4 Å². The molecule has 0 amide bonds. The van der Waals surface area contributed by atoms with Crippen LogP contribution in [0.15, 0.2) is 58.6 Å². The van der Waals surface area contributed by atoms with Crippen molar-refractivity contribution >= 4 is 23.2 Å². The molecule has 4 rings (SSSR count). The van der Waals surface area contributed by atoms with E-state index in [1.54, 1.807) is 0 Å². The zero-order chi connectivity index (χ0) is 28.5. The number of aromatic nitrogens is 4. The normalized spacial score (nSPS) is 10.1. The van der Waals surface area contributed by atoms with Crippen LogP contribution in [0.25, 0.3) is 0 Å². The van der Waals surface area contributed by atoms with Gasteiger partial charge in [0.25, 0.3) is 22.7 Å². The van der Waals surface area contributed by atoms with E-state index < -0.39 is 29.8 Å². The van der Waals surface area contributed by atoms with Gasteiger partial charge in [-0.15, -0.1) is 0 Å². The molecule has 2 heterocycles. The summed E-state index contributed by atoms with van der Waals surface area (Å²) in [5.74, 6) is -0.995. The molecule has 0 fully saturated rings. The maximum atomic E-state index is 12.5. The Morgan fingerprint density at radius 1 is 0.846 bits per heavy atom. The number of ether oxygens (including phenoxy) is 2. The quantitative estimate of drug-likeness (QED) is 0.294. The highest BCUT2D eigenvalue weighted by Crippen LogP contribution is 2.28. The maximum absolute atomic E-state index is 12.5. The molecule has 0 saturated heterocycles. The predicted octanol–water partition coefficient (Wildman–Crippen LogP) is 4.69. The number of H-pyrrole nitrogens is 2. The summed E-state index contributed by atoms with van der Waals surface area (Å²) in [6, 6.07) is 12.1. The third kappa shape index (κ3) is 8.00. The van der Waals surface area contributed by atoms with E-state index in [0.29, 0.717) is 0 Å². The first-order valence-corrected chi connectivity index (χ1v) is 11.2. The molecule has 0 atom stereocenters. The molecule has 0 bridgehead atoms. The standard InChI is InChI=1S/C13H8ClF2N3O2.C11H6ClN3O3/c14-8-1-7(5-17)2-9(3-8)21-12-10(4-11(15)16)18-6-19-13(12)20;12-7-1-6(4-13)2-8(3-7)18-9-10(16)14-5-15-11(9)17/h1-3,6,11H,4H2,(H,18,19,20);1-3,5H,(H2,14,15,16,17). The van der Waals surface area contributed by atoms with Crippen LogP contribution in [0.4, 0.5) is 8.78 Å². The van der Waals surface area contributed by atoms with E-state index in [1.165, 1.54) is 36.4 Å². The molecule has 0 unspecified atom stereocenters.